The first kappa shape index (κ1) is 7.18. The highest BCUT2D eigenvalue weighted by atomic mass is 79.9. The Labute approximate surface area is 52.5 Å². The summed E-state index contributed by atoms with van der Waals surface area (Å²) in [4.78, 5) is 0. The van der Waals surface area contributed by atoms with Gasteiger partial charge in [0.1, 0.15) is 0 Å². The first-order valence-corrected chi connectivity index (χ1v) is 3.24. The van der Waals surface area contributed by atoms with Crippen molar-refractivity contribution in [1.82, 2.24) is 0 Å². The van der Waals surface area contributed by atoms with Crippen LogP contribution in [0.5, 0.6) is 0 Å². The van der Waals surface area contributed by atoms with Crippen LogP contribution in [-0.4, -0.2) is 19.0 Å². The number of hydrogen-bond donors (Lipinski definition) is 0. The number of rotatable bonds is 3. The maximum absolute atomic E-state index is 4.74. The molecule has 0 aliphatic heterocycles. The summed E-state index contributed by atoms with van der Waals surface area (Å²) in [5.41, 5.74) is 0. The van der Waals surface area contributed by atoms with Gasteiger partial charge in [-0.15, -0.1) is 0 Å². The van der Waals surface area contributed by atoms with Gasteiger partial charge in [0, 0.05) is 12.4 Å². The first-order valence-electron chi connectivity index (χ1n) is 2.11. The Morgan fingerprint density at radius 3 is 2.71 bits per heavy atom. The van der Waals surface area contributed by atoms with Gasteiger partial charge in [-0.25, -0.2) is 0 Å². The summed E-state index contributed by atoms with van der Waals surface area (Å²) in [7, 11) is 1.68. The molecule has 0 amide bonds. The smallest absolute Gasteiger partial charge is 0.0643 e. The summed E-state index contributed by atoms with van der Waals surface area (Å²) < 4.78 is 4.74. The Bertz CT molecular complexity index is 52.0. The van der Waals surface area contributed by atoms with Crippen molar-refractivity contribution < 1.29 is 4.74 Å². The fraction of sp³-hybridized carbons (Fsp3) is 0.600. The molecule has 0 aromatic heterocycles. The van der Waals surface area contributed by atoms with Gasteiger partial charge in [-0.2, -0.15) is 0 Å². The highest BCUT2D eigenvalue weighted by Gasteiger charge is 1.67. The zero-order chi connectivity index (χ0) is 5.54. The molecule has 0 spiro atoms. The van der Waals surface area contributed by atoms with Gasteiger partial charge in [0.05, 0.1) is 6.61 Å². The van der Waals surface area contributed by atoms with E-state index >= 15 is 0 Å². The van der Waals surface area contributed by atoms with Crippen molar-refractivity contribution in [2.24, 2.45) is 0 Å². The Morgan fingerprint density at radius 2 is 2.29 bits per heavy atom. The Balaban J connectivity index is 2.78. The Morgan fingerprint density at radius 1 is 1.57 bits per heavy atom. The second kappa shape index (κ2) is 6.18. The summed E-state index contributed by atoms with van der Waals surface area (Å²) >= 11 is 3.24. The third-order valence-corrected chi connectivity index (χ3v) is 0.892. The summed E-state index contributed by atoms with van der Waals surface area (Å²) in [6, 6.07) is 0. The van der Waals surface area contributed by atoms with Gasteiger partial charge in [0.2, 0.25) is 0 Å². The van der Waals surface area contributed by atoms with E-state index in [1.54, 1.807) is 7.11 Å². The normalized spacial score (nSPS) is 10.6. The lowest BCUT2D eigenvalue weighted by Gasteiger charge is -1.83. The van der Waals surface area contributed by atoms with Gasteiger partial charge in [-0.3, -0.25) is 0 Å². The van der Waals surface area contributed by atoms with Crippen LogP contribution in [0.3, 0.4) is 0 Å². The largest absolute Gasteiger partial charge is 0.381 e. The fourth-order valence-corrected chi connectivity index (χ4v) is 0.492. The van der Waals surface area contributed by atoms with Crippen LogP contribution in [0.4, 0.5) is 0 Å². The molecule has 0 rings (SSSR count). The predicted octanol–water partition coefficient (Wildman–Crippen LogP) is 1.58. The highest BCUT2D eigenvalue weighted by molar-refractivity contribution is 9.09. The van der Waals surface area contributed by atoms with Crippen molar-refractivity contribution >= 4 is 15.9 Å². The van der Waals surface area contributed by atoms with Crippen molar-refractivity contribution in [2.45, 2.75) is 0 Å². The molecule has 0 radical (unpaired) electrons. The van der Waals surface area contributed by atoms with Crippen LogP contribution >= 0.6 is 15.9 Å². The van der Waals surface area contributed by atoms with E-state index in [0.29, 0.717) is 6.61 Å². The lowest BCUT2D eigenvalue weighted by Crippen LogP contribution is -1.79. The summed E-state index contributed by atoms with van der Waals surface area (Å²) in [5.74, 6) is 0. The third-order valence-electron chi connectivity index (χ3n) is 0.519. The Kier molecular flexibility index (Phi) is 6.34. The van der Waals surface area contributed by atoms with E-state index in [1.165, 1.54) is 0 Å². The second-order valence-electron chi connectivity index (χ2n) is 1.08. The molecular weight excluding hydrogens is 156 g/mol. The average molecular weight is 165 g/mol. The molecule has 1 nitrogen and oxygen atoms in total. The van der Waals surface area contributed by atoms with Crippen LogP contribution in [0.1, 0.15) is 0 Å². The van der Waals surface area contributed by atoms with Crippen LogP contribution in [0, 0.1) is 0 Å². The predicted molar refractivity (Wildman–Crippen MR) is 34.8 cm³/mol. The molecule has 7 heavy (non-hydrogen) atoms. The number of hydrogen-bond acceptors (Lipinski definition) is 1. The molecule has 0 bridgehead atoms. The molecule has 2 heteroatoms. The average Bonchev–Trinajstić information content (AvgIpc) is 1.69. The van der Waals surface area contributed by atoms with Gasteiger partial charge < -0.3 is 4.74 Å². The zero-order valence-corrected chi connectivity index (χ0v) is 5.94. The van der Waals surface area contributed by atoms with Crippen LogP contribution in [0.25, 0.3) is 0 Å². The molecule has 0 aliphatic rings. The van der Waals surface area contributed by atoms with Crippen molar-refractivity contribution in [1.29, 1.82) is 0 Å². The van der Waals surface area contributed by atoms with Gasteiger partial charge >= 0.3 is 0 Å². The van der Waals surface area contributed by atoms with Gasteiger partial charge in [0.25, 0.3) is 0 Å². The van der Waals surface area contributed by atoms with Crippen molar-refractivity contribution in [2.75, 3.05) is 19.0 Å². The third kappa shape index (κ3) is 6.18. The van der Waals surface area contributed by atoms with Crippen LogP contribution < -0.4 is 0 Å². The van der Waals surface area contributed by atoms with E-state index in [4.69, 9.17) is 4.74 Å². The van der Waals surface area contributed by atoms with E-state index in [-0.39, 0.29) is 0 Å². The quantitative estimate of drug-likeness (QED) is 0.455. The summed E-state index contributed by atoms with van der Waals surface area (Å²) in [6.07, 6.45) is 3.97. The summed E-state index contributed by atoms with van der Waals surface area (Å²) in [6.45, 7) is 0.714. The molecule has 0 fully saturated rings. The van der Waals surface area contributed by atoms with Gasteiger partial charge in [-0.05, 0) is 0 Å². The lowest BCUT2D eigenvalue weighted by molar-refractivity contribution is 0.234. The molecule has 0 saturated carbocycles. The minimum atomic E-state index is 0.714. The Hall–Kier alpha value is 0.180. The second-order valence-corrected chi connectivity index (χ2v) is 1.73. The van der Waals surface area contributed by atoms with Crippen molar-refractivity contribution in [3.8, 4) is 0 Å². The maximum atomic E-state index is 4.74. The topological polar surface area (TPSA) is 9.23 Å². The van der Waals surface area contributed by atoms with Gasteiger partial charge in [-0.1, -0.05) is 28.1 Å². The zero-order valence-electron chi connectivity index (χ0n) is 4.36. The number of halogens is 1. The van der Waals surface area contributed by atoms with Crippen molar-refractivity contribution in [3.63, 3.8) is 0 Å². The van der Waals surface area contributed by atoms with E-state index in [9.17, 15) is 0 Å². The summed E-state index contributed by atoms with van der Waals surface area (Å²) in [5, 5.41) is 0.913. The molecule has 0 saturated heterocycles. The fourth-order valence-electron chi connectivity index (χ4n) is 0.227. The molecule has 0 aromatic rings. The van der Waals surface area contributed by atoms with Crippen LogP contribution in [-0.2, 0) is 4.74 Å². The van der Waals surface area contributed by atoms with E-state index in [0.717, 1.165) is 5.33 Å². The number of ether oxygens (including phenoxy) is 1. The highest BCUT2D eigenvalue weighted by Crippen LogP contribution is 1.80. The van der Waals surface area contributed by atoms with Gasteiger partial charge in [0.15, 0.2) is 0 Å². The number of alkyl halides is 1. The molecule has 0 aliphatic carbocycles. The van der Waals surface area contributed by atoms with Crippen LogP contribution in [0.2, 0.25) is 0 Å². The number of methoxy groups -OCH3 is 1. The minimum absolute atomic E-state index is 0.714. The molecule has 0 unspecified atom stereocenters. The molecule has 0 N–H and O–H groups in total. The maximum Gasteiger partial charge on any atom is 0.0643 e. The first-order chi connectivity index (χ1) is 3.41. The SMILES string of the molecule is COCC=CCBr. The molecule has 0 aromatic carbocycles. The van der Waals surface area contributed by atoms with E-state index in [2.05, 4.69) is 15.9 Å². The monoisotopic (exact) mass is 164 g/mol. The number of allylic oxidation sites excluding steroid dienone is 1. The molecule has 0 atom stereocenters. The van der Waals surface area contributed by atoms with Crippen LogP contribution in [0.15, 0.2) is 12.2 Å². The standard InChI is InChI=1S/C5H9BrO/c1-7-5-3-2-4-6/h2-3H,4-5H2,1H3. The van der Waals surface area contributed by atoms with E-state index < -0.39 is 0 Å². The van der Waals surface area contributed by atoms with Crippen molar-refractivity contribution in [3.05, 3.63) is 12.2 Å². The minimum Gasteiger partial charge on any atom is -0.381 e. The molecule has 0 heterocycles. The molecular formula is C5H9BrO. The van der Waals surface area contributed by atoms with E-state index in [1.807, 2.05) is 12.2 Å². The lowest BCUT2D eigenvalue weighted by atomic mass is 10.6. The molecule has 42 valence electrons.